The van der Waals surface area contributed by atoms with Crippen molar-refractivity contribution in [2.75, 3.05) is 26.3 Å². The first-order valence-corrected chi connectivity index (χ1v) is 6.49. The Kier molecular flexibility index (Phi) is 4.13. The van der Waals surface area contributed by atoms with E-state index in [0.29, 0.717) is 0 Å². The maximum atomic E-state index is 5.50. The summed E-state index contributed by atoms with van der Waals surface area (Å²) in [6, 6.07) is 6.59. The van der Waals surface area contributed by atoms with Crippen LogP contribution in [0.4, 0.5) is 0 Å². The molecule has 0 radical (unpaired) electrons. The fraction of sp³-hybridized carbons (Fsp3) is 0.500. The van der Waals surface area contributed by atoms with Crippen LogP contribution < -0.4 is 0 Å². The van der Waals surface area contributed by atoms with Crippen molar-refractivity contribution in [2.24, 2.45) is 0 Å². The van der Waals surface area contributed by atoms with Crippen LogP contribution in [0.3, 0.4) is 0 Å². The summed E-state index contributed by atoms with van der Waals surface area (Å²) < 4.78 is 5.33. The minimum absolute atomic E-state index is 0.799. The lowest BCUT2D eigenvalue weighted by molar-refractivity contribution is 0.0684. The second kappa shape index (κ2) is 5.61. The summed E-state index contributed by atoms with van der Waals surface area (Å²) in [6.07, 6.45) is 0.871. The van der Waals surface area contributed by atoms with Crippen molar-refractivity contribution in [1.29, 1.82) is 0 Å². The number of aryl methyl sites for hydroxylation is 2. The maximum absolute atomic E-state index is 5.50. The van der Waals surface area contributed by atoms with Crippen molar-refractivity contribution in [1.82, 2.24) is 4.90 Å². The van der Waals surface area contributed by atoms with Gasteiger partial charge in [0.2, 0.25) is 0 Å². The lowest BCUT2D eigenvalue weighted by Gasteiger charge is -2.29. The molecule has 1 aliphatic heterocycles. The first-order valence-electron chi connectivity index (χ1n) is 6.08. The normalized spacial score (nSPS) is 16.0. The monoisotopic (exact) mass is 249 g/mol. The minimum atomic E-state index is 0.799. The van der Waals surface area contributed by atoms with Crippen molar-refractivity contribution in [3.8, 4) is 0 Å². The van der Waals surface area contributed by atoms with E-state index in [9.17, 15) is 0 Å². The molecule has 17 heavy (non-hydrogen) atoms. The largest absolute Gasteiger partial charge is 0.378 e. The molecule has 1 heterocycles. The molecule has 2 rings (SSSR count). The Morgan fingerprint density at radius 1 is 1.24 bits per heavy atom. The molecule has 2 nitrogen and oxygen atoms in total. The van der Waals surface area contributed by atoms with Crippen LogP contribution in [-0.4, -0.2) is 36.2 Å². The van der Waals surface area contributed by atoms with Crippen LogP contribution in [0.25, 0.3) is 0 Å². The number of benzene rings is 1. The van der Waals surface area contributed by atoms with E-state index in [4.69, 9.17) is 17.0 Å². The Morgan fingerprint density at radius 3 is 2.59 bits per heavy atom. The van der Waals surface area contributed by atoms with E-state index in [2.05, 4.69) is 36.9 Å². The van der Waals surface area contributed by atoms with Gasteiger partial charge in [0.15, 0.2) is 0 Å². The van der Waals surface area contributed by atoms with Gasteiger partial charge < -0.3 is 9.64 Å². The molecule has 1 aromatic rings. The van der Waals surface area contributed by atoms with Gasteiger partial charge in [-0.05, 0) is 30.5 Å². The van der Waals surface area contributed by atoms with E-state index in [1.165, 1.54) is 16.7 Å². The van der Waals surface area contributed by atoms with Crippen LogP contribution in [0.15, 0.2) is 18.2 Å². The van der Waals surface area contributed by atoms with Gasteiger partial charge in [0.1, 0.15) is 0 Å². The quantitative estimate of drug-likeness (QED) is 0.747. The summed E-state index contributed by atoms with van der Waals surface area (Å²) in [7, 11) is 0. The smallest absolute Gasteiger partial charge is 0.0825 e. The van der Waals surface area contributed by atoms with Crippen LogP contribution >= 0.6 is 12.2 Å². The zero-order valence-corrected chi connectivity index (χ0v) is 11.3. The molecule has 1 saturated heterocycles. The van der Waals surface area contributed by atoms with Crippen LogP contribution in [0, 0.1) is 13.8 Å². The fourth-order valence-electron chi connectivity index (χ4n) is 2.01. The number of hydrogen-bond donors (Lipinski definition) is 0. The summed E-state index contributed by atoms with van der Waals surface area (Å²) in [5, 5.41) is 0. The molecule has 3 heteroatoms. The van der Waals surface area contributed by atoms with E-state index in [1.807, 2.05) is 0 Å². The van der Waals surface area contributed by atoms with E-state index in [-0.39, 0.29) is 0 Å². The van der Waals surface area contributed by atoms with E-state index < -0.39 is 0 Å². The third-order valence-corrected chi connectivity index (χ3v) is 3.69. The molecule has 0 bridgehead atoms. The van der Waals surface area contributed by atoms with Crippen LogP contribution in [0.2, 0.25) is 0 Å². The van der Waals surface area contributed by atoms with E-state index >= 15 is 0 Å². The summed E-state index contributed by atoms with van der Waals surface area (Å²) in [4.78, 5) is 3.30. The molecule has 92 valence electrons. The fourth-order valence-corrected chi connectivity index (χ4v) is 2.36. The van der Waals surface area contributed by atoms with Crippen LogP contribution in [-0.2, 0) is 11.2 Å². The van der Waals surface area contributed by atoms with Crippen LogP contribution in [0.5, 0.6) is 0 Å². The number of thiocarbonyl (C=S) groups is 1. The van der Waals surface area contributed by atoms with Gasteiger partial charge in [0, 0.05) is 19.5 Å². The molecule has 0 unspecified atom stereocenters. The molecule has 0 atom stereocenters. The molecule has 1 aliphatic rings. The molecular weight excluding hydrogens is 230 g/mol. The lowest BCUT2D eigenvalue weighted by atomic mass is 10.0. The van der Waals surface area contributed by atoms with E-state index in [0.717, 1.165) is 37.7 Å². The molecule has 0 N–H and O–H groups in total. The van der Waals surface area contributed by atoms with Crippen molar-refractivity contribution < 1.29 is 4.74 Å². The average Bonchev–Trinajstić information content (AvgIpc) is 2.35. The first-order chi connectivity index (χ1) is 8.16. The summed E-state index contributed by atoms with van der Waals surface area (Å²) in [5.41, 5.74) is 3.99. The van der Waals surface area contributed by atoms with Crippen molar-refractivity contribution in [3.63, 3.8) is 0 Å². The number of nitrogens with zero attached hydrogens (tertiary/aromatic N) is 1. The van der Waals surface area contributed by atoms with Gasteiger partial charge in [0.25, 0.3) is 0 Å². The molecule has 0 saturated carbocycles. The number of hydrogen-bond acceptors (Lipinski definition) is 2. The Bertz CT molecular complexity index is 411. The zero-order chi connectivity index (χ0) is 12.3. The first kappa shape index (κ1) is 12.5. The second-order valence-corrected chi connectivity index (χ2v) is 5.06. The highest BCUT2D eigenvalue weighted by atomic mass is 32.1. The Morgan fingerprint density at radius 2 is 1.94 bits per heavy atom. The molecule has 0 aliphatic carbocycles. The van der Waals surface area contributed by atoms with Gasteiger partial charge in [-0.3, -0.25) is 0 Å². The molecule has 0 aromatic heterocycles. The number of rotatable bonds is 2. The highest BCUT2D eigenvalue weighted by molar-refractivity contribution is 7.80. The highest BCUT2D eigenvalue weighted by Gasteiger charge is 2.13. The van der Waals surface area contributed by atoms with Crippen molar-refractivity contribution in [2.45, 2.75) is 20.3 Å². The summed E-state index contributed by atoms with van der Waals surface area (Å²) in [6.45, 7) is 7.75. The van der Waals surface area contributed by atoms with Gasteiger partial charge in [-0.1, -0.05) is 30.4 Å². The van der Waals surface area contributed by atoms with Crippen molar-refractivity contribution >= 4 is 17.2 Å². The predicted molar refractivity (Wildman–Crippen MR) is 74.6 cm³/mol. The topological polar surface area (TPSA) is 12.5 Å². The Labute approximate surface area is 109 Å². The minimum Gasteiger partial charge on any atom is -0.378 e. The molecule has 1 fully saturated rings. The molecule has 0 spiro atoms. The summed E-state index contributed by atoms with van der Waals surface area (Å²) in [5.74, 6) is 0. The van der Waals surface area contributed by atoms with Gasteiger partial charge in [-0.25, -0.2) is 0 Å². The maximum Gasteiger partial charge on any atom is 0.0825 e. The van der Waals surface area contributed by atoms with Crippen molar-refractivity contribution in [3.05, 3.63) is 34.9 Å². The highest BCUT2D eigenvalue weighted by Crippen LogP contribution is 2.12. The lowest BCUT2D eigenvalue weighted by Crippen LogP contribution is -2.40. The Hall–Kier alpha value is -0.930. The van der Waals surface area contributed by atoms with E-state index in [1.54, 1.807) is 0 Å². The standard InChI is InChI=1S/C14H19NOS/c1-11-3-4-13(9-12(11)2)10-14(17)15-5-7-16-8-6-15/h3-4,9H,5-8,10H2,1-2H3. The van der Waals surface area contributed by atoms with Crippen LogP contribution in [0.1, 0.15) is 16.7 Å². The predicted octanol–water partition coefficient (Wildman–Crippen LogP) is 2.51. The third-order valence-electron chi connectivity index (χ3n) is 3.29. The third kappa shape index (κ3) is 3.27. The Balaban J connectivity index is 1.99. The number of ether oxygens (including phenoxy) is 1. The SMILES string of the molecule is Cc1ccc(CC(=S)N2CCOCC2)cc1C. The van der Waals surface area contributed by atoms with Gasteiger partial charge in [0.05, 0.1) is 18.2 Å². The molecular formula is C14H19NOS. The van der Waals surface area contributed by atoms with Gasteiger partial charge in [-0.2, -0.15) is 0 Å². The molecule has 0 amide bonds. The van der Waals surface area contributed by atoms with Gasteiger partial charge >= 0.3 is 0 Å². The zero-order valence-electron chi connectivity index (χ0n) is 10.5. The number of morpholine rings is 1. The summed E-state index contributed by atoms with van der Waals surface area (Å²) >= 11 is 5.50. The molecule has 1 aromatic carbocycles. The second-order valence-electron chi connectivity index (χ2n) is 4.59. The average molecular weight is 249 g/mol. The van der Waals surface area contributed by atoms with Gasteiger partial charge in [-0.15, -0.1) is 0 Å².